The van der Waals surface area contributed by atoms with E-state index in [2.05, 4.69) is 10.0 Å². The van der Waals surface area contributed by atoms with Gasteiger partial charge in [0.25, 0.3) is 15.9 Å². The number of ether oxygens (including phenoxy) is 3. The number of carbonyl (C=O) groups excluding carboxylic acids is 2. The van der Waals surface area contributed by atoms with Crippen LogP contribution >= 0.6 is 0 Å². The molecule has 0 aromatic heterocycles. The van der Waals surface area contributed by atoms with Gasteiger partial charge in [0.2, 0.25) is 0 Å². The number of anilines is 2. The standard InChI is InChI=1S/C25H24N2O7S/c1-32-22-12-11-20(16-23(22)33-2)26-24(28)17-34-25(29)19-9-6-10-21(15-19)27-35(30,31)14-13-18-7-4-3-5-8-18/h3-16,27H,17H2,1-2H3,(H,26,28)/b14-13+. The van der Waals surface area contributed by atoms with Crippen molar-refractivity contribution >= 4 is 39.4 Å². The number of amides is 1. The molecule has 0 bridgehead atoms. The van der Waals surface area contributed by atoms with Crippen LogP contribution in [0.1, 0.15) is 15.9 Å². The minimum Gasteiger partial charge on any atom is -0.493 e. The average Bonchev–Trinajstić information content (AvgIpc) is 2.86. The van der Waals surface area contributed by atoms with Crippen LogP contribution in [0, 0.1) is 0 Å². The summed E-state index contributed by atoms with van der Waals surface area (Å²) >= 11 is 0. The minimum atomic E-state index is -3.81. The molecule has 0 saturated carbocycles. The Bertz CT molecular complexity index is 1320. The third-order valence-corrected chi connectivity index (χ3v) is 5.61. The summed E-state index contributed by atoms with van der Waals surface area (Å²) in [6.45, 7) is -0.539. The molecule has 0 fully saturated rings. The van der Waals surface area contributed by atoms with E-state index in [9.17, 15) is 18.0 Å². The summed E-state index contributed by atoms with van der Waals surface area (Å²) in [4.78, 5) is 24.6. The van der Waals surface area contributed by atoms with E-state index < -0.39 is 28.5 Å². The molecule has 0 saturated heterocycles. The molecule has 3 aromatic carbocycles. The number of rotatable bonds is 10. The summed E-state index contributed by atoms with van der Waals surface area (Å²) in [5.41, 5.74) is 1.41. The maximum absolute atomic E-state index is 12.4. The smallest absolute Gasteiger partial charge is 0.338 e. The zero-order valence-electron chi connectivity index (χ0n) is 19.1. The number of carbonyl (C=O) groups is 2. The maximum Gasteiger partial charge on any atom is 0.338 e. The van der Waals surface area contributed by atoms with Crippen LogP contribution in [0.15, 0.2) is 78.2 Å². The third kappa shape index (κ3) is 7.61. The van der Waals surface area contributed by atoms with Crippen molar-refractivity contribution in [3.8, 4) is 11.5 Å². The zero-order chi connectivity index (χ0) is 25.3. The first-order chi connectivity index (χ1) is 16.8. The lowest BCUT2D eigenvalue weighted by atomic mass is 10.2. The fourth-order valence-corrected chi connectivity index (χ4v) is 3.83. The highest BCUT2D eigenvalue weighted by Gasteiger charge is 2.14. The van der Waals surface area contributed by atoms with Crippen LogP contribution in [0.2, 0.25) is 0 Å². The largest absolute Gasteiger partial charge is 0.493 e. The van der Waals surface area contributed by atoms with Gasteiger partial charge >= 0.3 is 5.97 Å². The van der Waals surface area contributed by atoms with E-state index in [1.54, 1.807) is 42.5 Å². The van der Waals surface area contributed by atoms with Crippen molar-refractivity contribution in [2.24, 2.45) is 0 Å². The number of sulfonamides is 1. The maximum atomic E-state index is 12.4. The van der Waals surface area contributed by atoms with Crippen molar-refractivity contribution in [3.05, 3.63) is 89.3 Å². The van der Waals surface area contributed by atoms with E-state index in [1.165, 1.54) is 44.6 Å². The van der Waals surface area contributed by atoms with E-state index in [0.717, 1.165) is 11.0 Å². The summed E-state index contributed by atoms with van der Waals surface area (Å²) in [5.74, 6) is -0.412. The van der Waals surface area contributed by atoms with Crippen LogP contribution in [0.25, 0.3) is 6.08 Å². The Balaban J connectivity index is 1.57. The van der Waals surface area contributed by atoms with Crippen molar-refractivity contribution in [2.75, 3.05) is 30.9 Å². The number of hydrogen-bond donors (Lipinski definition) is 2. The van der Waals surface area contributed by atoms with Crippen LogP contribution in [-0.4, -0.2) is 41.1 Å². The van der Waals surface area contributed by atoms with Gasteiger partial charge in [0.05, 0.1) is 25.2 Å². The molecule has 0 heterocycles. The molecular weight excluding hydrogens is 472 g/mol. The topological polar surface area (TPSA) is 120 Å². The predicted molar refractivity (Wildman–Crippen MR) is 133 cm³/mol. The quantitative estimate of drug-likeness (QED) is 0.408. The number of benzene rings is 3. The van der Waals surface area contributed by atoms with Crippen LogP contribution in [0.4, 0.5) is 11.4 Å². The van der Waals surface area contributed by atoms with Gasteiger partial charge in [-0.15, -0.1) is 0 Å². The molecule has 10 heteroatoms. The van der Waals surface area contributed by atoms with Crippen molar-refractivity contribution < 1.29 is 32.2 Å². The molecule has 0 aliphatic carbocycles. The van der Waals surface area contributed by atoms with Gasteiger partial charge in [0.1, 0.15) is 0 Å². The van der Waals surface area contributed by atoms with Crippen LogP contribution in [0.3, 0.4) is 0 Å². The molecule has 0 aliphatic heterocycles. The molecule has 182 valence electrons. The summed E-state index contributed by atoms with van der Waals surface area (Å²) in [5, 5.41) is 3.63. The second kappa shape index (κ2) is 11.7. The molecular formula is C25H24N2O7S. The summed E-state index contributed by atoms with van der Waals surface area (Å²) in [6.07, 6.45) is 1.46. The first-order valence-corrected chi connectivity index (χ1v) is 11.9. The normalized spacial score (nSPS) is 11.0. The molecule has 3 rings (SSSR count). The molecule has 2 N–H and O–H groups in total. The summed E-state index contributed by atoms with van der Waals surface area (Å²) < 4.78 is 42.5. The number of nitrogens with one attached hydrogen (secondary N) is 2. The number of hydrogen-bond acceptors (Lipinski definition) is 7. The average molecular weight is 497 g/mol. The van der Waals surface area contributed by atoms with Gasteiger partial charge < -0.3 is 19.5 Å². The number of esters is 1. The van der Waals surface area contributed by atoms with Gasteiger partial charge in [-0.25, -0.2) is 13.2 Å². The fraction of sp³-hybridized carbons (Fsp3) is 0.120. The lowest BCUT2D eigenvalue weighted by Gasteiger charge is -2.11. The Morgan fingerprint density at radius 1 is 0.857 bits per heavy atom. The van der Waals surface area contributed by atoms with Crippen LogP contribution in [0.5, 0.6) is 11.5 Å². The zero-order valence-corrected chi connectivity index (χ0v) is 19.9. The molecule has 35 heavy (non-hydrogen) atoms. The molecule has 0 unspecified atom stereocenters. The van der Waals surface area contributed by atoms with E-state index in [0.29, 0.717) is 17.2 Å². The molecule has 3 aromatic rings. The minimum absolute atomic E-state index is 0.0798. The summed E-state index contributed by atoms with van der Waals surface area (Å²) in [7, 11) is -0.844. The highest BCUT2D eigenvalue weighted by atomic mass is 32.2. The Labute approximate surface area is 203 Å². The lowest BCUT2D eigenvalue weighted by molar-refractivity contribution is -0.119. The molecule has 0 radical (unpaired) electrons. The summed E-state index contributed by atoms with van der Waals surface area (Å²) in [6, 6.07) is 19.5. The fourth-order valence-electron chi connectivity index (χ4n) is 2.97. The van der Waals surface area contributed by atoms with E-state index in [1.807, 2.05) is 6.07 Å². The Kier molecular flexibility index (Phi) is 8.47. The van der Waals surface area contributed by atoms with Crippen molar-refractivity contribution in [3.63, 3.8) is 0 Å². The second-order valence-corrected chi connectivity index (χ2v) is 8.70. The van der Waals surface area contributed by atoms with E-state index >= 15 is 0 Å². The van der Waals surface area contributed by atoms with Gasteiger partial charge in [-0.2, -0.15) is 0 Å². The molecule has 0 atom stereocenters. The first kappa shape index (κ1) is 25.3. The van der Waals surface area contributed by atoms with Gasteiger partial charge in [0.15, 0.2) is 18.1 Å². The van der Waals surface area contributed by atoms with Crippen molar-refractivity contribution in [1.29, 1.82) is 0 Å². The predicted octanol–water partition coefficient (Wildman–Crippen LogP) is 3.91. The van der Waals surface area contributed by atoms with Gasteiger partial charge in [-0.05, 0) is 42.0 Å². The van der Waals surface area contributed by atoms with Crippen LogP contribution in [-0.2, 0) is 19.6 Å². The van der Waals surface area contributed by atoms with Crippen molar-refractivity contribution in [2.45, 2.75) is 0 Å². The number of methoxy groups -OCH3 is 2. The van der Waals surface area contributed by atoms with Crippen LogP contribution < -0.4 is 19.5 Å². The first-order valence-electron chi connectivity index (χ1n) is 10.3. The highest BCUT2D eigenvalue weighted by Crippen LogP contribution is 2.29. The van der Waals surface area contributed by atoms with E-state index in [-0.39, 0.29) is 11.3 Å². The molecule has 0 aliphatic rings. The lowest BCUT2D eigenvalue weighted by Crippen LogP contribution is -2.21. The Morgan fingerprint density at radius 3 is 2.31 bits per heavy atom. The molecule has 1 amide bonds. The highest BCUT2D eigenvalue weighted by molar-refractivity contribution is 7.95. The second-order valence-electron chi connectivity index (χ2n) is 7.14. The van der Waals surface area contributed by atoms with Crippen molar-refractivity contribution in [1.82, 2.24) is 0 Å². The van der Waals surface area contributed by atoms with Gasteiger partial charge in [-0.3, -0.25) is 9.52 Å². The van der Waals surface area contributed by atoms with Gasteiger partial charge in [-0.1, -0.05) is 36.4 Å². The third-order valence-electron chi connectivity index (χ3n) is 4.60. The Hall–Kier alpha value is -4.31. The van der Waals surface area contributed by atoms with Gasteiger partial charge in [0, 0.05) is 17.4 Å². The SMILES string of the molecule is COc1ccc(NC(=O)COC(=O)c2cccc(NS(=O)(=O)/C=C/c3ccccc3)c2)cc1OC. The monoisotopic (exact) mass is 496 g/mol. The molecule has 9 nitrogen and oxygen atoms in total. The Morgan fingerprint density at radius 2 is 1.60 bits per heavy atom. The molecule has 0 spiro atoms. The van der Waals surface area contributed by atoms with E-state index in [4.69, 9.17) is 14.2 Å².